The molecule has 0 aliphatic carbocycles. The topological polar surface area (TPSA) is 57.9 Å². The Balaban J connectivity index is 0.00000300. The summed E-state index contributed by atoms with van der Waals surface area (Å²) in [6, 6.07) is 5.27. The number of anilines is 1. The Morgan fingerprint density at radius 1 is 1.41 bits per heavy atom. The molecular weight excluding hydrogens is 486 g/mol. The van der Waals surface area contributed by atoms with Crippen molar-refractivity contribution in [3.05, 3.63) is 47.5 Å². The first-order valence-corrected chi connectivity index (χ1v) is 9.57. The van der Waals surface area contributed by atoms with E-state index in [0.717, 1.165) is 30.2 Å². The lowest BCUT2D eigenvalue weighted by atomic mass is 10.1. The van der Waals surface area contributed by atoms with Gasteiger partial charge in [0.2, 0.25) is 0 Å². The van der Waals surface area contributed by atoms with Crippen molar-refractivity contribution in [2.45, 2.75) is 19.6 Å². The average Bonchev–Trinajstić information content (AvgIpc) is 3.11. The molecule has 0 spiro atoms. The molecule has 1 unspecified atom stereocenters. The quantitative estimate of drug-likeness (QED) is 0.377. The van der Waals surface area contributed by atoms with Crippen LogP contribution in [0.25, 0.3) is 0 Å². The minimum absolute atomic E-state index is 0. The minimum atomic E-state index is -0.231. The second-order valence-electron chi connectivity index (χ2n) is 7.10. The first-order valence-electron chi connectivity index (χ1n) is 9.57. The van der Waals surface area contributed by atoms with Crippen molar-refractivity contribution in [1.82, 2.24) is 20.0 Å². The van der Waals surface area contributed by atoms with Gasteiger partial charge in [0, 0.05) is 46.0 Å². The highest BCUT2D eigenvalue weighted by molar-refractivity contribution is 14.0. The van der Waals surface area contributed by atoms with Gasteiger partial charge in [-0.2, -0.15) is 5.10 Å². The summed E-state index contributed by atoms with van der Waals surface area (Å²) in [5.41, 5.74) is 2.48. The number of benzene rings is 1. The second kappa shape index (κ2) is 10.8. The van der Waals surface area contributed by atoms with E-state index in [9.17, 15) is 4.39 Å². The molecule has 160 valence electrons. The maximum absolute atomic E-state index is 14.2. The third-order valence-corrected chi connectivity index (χ3v) is 4.70. The monoisotopic (exact) mass is 516 g/mol. The van der Waals surface area contributed by atoms with E-state index in [-0.39, 0.29) is 35.9 Å². The number of rotatable bonds is 5. The van der Waals surface area contributed by atoms with Gasteiger partial charge in [0.1, 0.15) is 11.9 Å². The van der Waals surface area contributed by atoms with Crippen LogP contribution < -0.4 is 10.2 Å². The molecule has 2 heterocycles. The van der Waals surface area contributed by atoms with Gasteiger partial charge in [-0.3, -0.25) is 4.68 Å². The van der Waals surface area contributed by atoms with Crippen molar-refractivity contribution in [3.8, 4) is 0 Å². The zero-order chi connectivity index (χ0) is 20.1. The van der Waals surface area contributed by atoms with Crippen molar-refractivity contribution in [1.29, 1.82) is 0 Å². The Bertz CT molecular complexity index is 825. The number of ether oxygens (including phenoxy) is 1. The molecule has 29 heavy (non-hydrogen) atoms. The van der Waals surface area contributed by atoms with Gasteiger partial charge in [0.25, 0.3) is 0 Å². The maximum Gasteiger partial charge on any atom is 0.194 e. The number of aryl methyl sites for hydroxylation is 1. The SMILES string of the molecule is CCNC(=NCc1ccc(N(C)C)c(F)c1)N1CCOC(c2cnn(C)c2)C1.I. The molecule has 1 aliphatic rings. The summed E-state index contributed by atoms with van der Waals surface area (Å²) in [6.45, 7) is 5.31. The summed E-state index contributed by atoms with van der Waals surface area (Å²) < 4.78 is 21.9. The van der Waals surface area contributed by atoms with Crippen LogP contribution in [-0.4, -0.2) is 61.0 Å². The molecule has 1 fully saturated rings. The number of nitrogens with zero attached hydrogens (tertiary/aromatic N) is 5. The molecule has 1 atom stereocenters. The van der Waals surface area contributed by atoms with Crippen molar-refractivity contribution >= 4 is 35.6 Å². The van der Waals surface area contributed by atoms with Gasteiger partial charge in [-0.25, -0.2) is 9.38 Å². The van der Waals surface area contributed by atoms with E-state index in [1.807, 2.05) is 46.5 Å². The van der Waals surface area contributed by atoms with E-state index in [0.29, 0.717) is 25.4 Å². The van der Waals surface area contributed by atoms with E-state index < -0.39 is 0 Å². The first-order chi connectivity index (χ1) is 13.5. The van der Waals surface area contributed by atoms with E-state index in [1.54, 1.807) is 21.7 Å². The van der Waals surface area contributed by atoms with Crippen LogP contribution in [0.5, 0.6) is 0 Å². The Labute approximate surface area is 188 Å². The summed E-state index contributed by atoms with van der Waals surface area (Å²) in [5.74, 6) is 0.586. The lowest BCUT2D eigenvalue weighted by Gasteiger charge is -2.34. The van der Waals surface area contributed by atoms with Crippen LogP contribution in [0.3, 0.4) is 0 Å². The highest BCUT2D eigenvalue weighted by Crippen LogP contribution is 2.22. The highest BCUT2D eigenvalue weighted by Gasteiger charge is 2.25. The summed E-state index contributed by atoms with van der Waals surface area (Å²) in [7, 11) is 5.56. The van der Waals surface area contributed by atoms with Crippen LogP contribution >= 0.6 is 24.0 Å². The number of hydrogen-bond donors (Lipinski definition) is 1. The van der Waals surface area contributed by atoms with Gasteiger partial charge >= 0.3 is 0 Å². The molecule has 0 amide bonds. The van der Waals surface area contributed by atoms with Gasteiger partial charge in [-0.15, -0.1) is 24.0 Å². The van der Waals surface area contributed by atoms with E-state index in [4.69, 9.17) is 9.73 Å². The molecule has 1 saturated heterocycles. The standard InChI is InChI=1S/C20H29FN6O.HI/c1-5-22-20(23-11-15-6-7-18(25(2)3)17(21)10-15)27-8-9-28-19(14-27)16-12-24-26(4)13-16;/h6-7,10,12-13,19H,5,8-9,11,14H2,1-4H3,(H,22,23);1H. The van der Waals surface area contributed by atoms with E-state index in [2.05, 4.69) is 15.3 Å². The van der Waals surface area contributed by atoms with Gasteiger partial charge in [-0.05, 0) is 24.6 Å². The molecule has 0 saturated carbocycles. The molecule has 1 aromatic carbocycles. The molecule has 0 bridgehead atoms. The number of halogens is 2. The molecule has 2 aromatic rings. The predicted octanol–water partition coefficient (Wildman–Crippen LogP) is 2.78. The molecular formula is C20H30FIN6O. The molecule has 7 nitrogen and oxygen atoms in total. The number of morpholine rings is 1. The normalized spacial score (nSPS) is 17.1. The van der Waals surface area contributed by atoms with Crippen molar-refractivity contribution < 1.29 is 9.13 Å². The van der Waals surface area contributed by atoms with E-state index in [1.165, 1.54) is 0 Å². The molecule has 1 aliphatic heterocycles. The smallest absolute Gasteiger partial charge is 0.194 e. The summed E-state index contributed by atoms with van der Waals surface area (Å²) in [4.78, 5) is 8.68. The number of guanidine groups is 1. The van der Waals surface area contributed by atoms with Gasteiger partial charge < -0.3 is 19.9 Å². The zero-order valence-corrected chi connectivity index (χ0v) is 19.8. The lowest BCUT2D eigenvalue weighted by molar-refractivity contribution is -0.00805. The third kappa shape index (κ3) is 6.05. The lowest BCUT2D eigenvalue weighted by Crippen LogP contribution is -2.48. The van der Waals surface area contributed by atoms with Crippen molar-refractivity contribution in [3.63, 3.8) is 0 Å². The van der Waals surface area contributed by atoms with Crippen LogP contribution in [0.4, 0.5) is 10.1 Å². The Morgan fingerprint density at radius 2 is 2.21 bits per heavy atom. The Hall–Kier alpha value is -1.88. The average molecular weight is 516 g/mol. The van der Waals surface area contributed by atoms with Gasteiger partial charge in [-0.1, -0.05) is 6.07 Å². The summed E-state index contributed by atoms with van der Waals surface area (Å²) in [5, 5.41) is 7.58. The highest BCUT2D eigenvalue weighted by atomic mass is 127. The van der Waals surface area contributed by atoms with Crippen LogP contribution in [-0.2, 0) is 18.3 Å². The number of aliphatic imine (C=N–C) groups is 1. The fraction of sp³-hybridized carbons (Fsp3) is 0.500. The summed E-state index contributed by atoms with van der Waals surface area (Å²) >= 11 is 0. The fourth-order valence-corrected chi connectivity index (χ4v) is 3.25. The van der Waals surface area contributed by atoms with Crippen LogP contribution in [0.2, 0.25) is 0 Å². The molecule has 1 N–H and O–H groups in total. The van der Waals surface area contributed by atoms with Crippen LogP contribution in [0.15, 0.2) is 35.6 Å². The van der Waals surface area contributed by atoms with Crippen LogP contribution in [0.1, 0.15) is 24.2 Å². The third-order valence-electron chi connectivity index (χ3n) is 4.70. The fourth-order valence-electron chi connectivity index (χ4n) is 3.25. The number of nitrogens with one attached hydrogen (secondary N) is 1. The maximum atomic E-state index is 14.2. The number of aromatic nitrogens is 2. The molecule has 1 aromatic heterocycles. The minimum Gasteiger partial charge on any atom is -0.375 e. The van der Waals surface area contributed by atoms with Crippen molar-refractivity contribution in [2.75, 3.05) is 45.2 Å². The second-order valence-corrected chi connectivity index (χ2v) is 7.10. The van der Waals surface area contributed by atoms with Crippen molar-refractivity contribution in [2.24, 2.45) is 12.0 Å². The predicted molar refractivity (Wildman–Crippen MR) is 124 cm³/mol. The largest absolute Gasteiger partial charge is 0.375 e. The number of hydrogen-bond acceptors (Lipinski definition) is 4. The molecule has 3 rings (SSSR count). The van der Waals surface area contributed by atoms with Crippen LogP contribution in [0, 0.1) is 5.82 Å². The molecule has 0 radical (unpaired) electrons. The first kappa shape index (κ1) is 23.4. The molecule has 9 heteroatoms. The van der Waals surface area contributed by atoms with Gasteiger partial charge in [0.05, 0.1) is 31.6 Å². The van der Waals surface area contributed by atoms with E-state index >= 15 is 0 Å². The Kier molecular flexibility index (Phi) is 8.69. The Morgan fingerprint density at radius 3 is 2.83 bits per heavy atom. The zero-order valence-electron chi connectivity index (χ0n) is 17.4. The van der Waals surface area contributed by atoms with Gasteiger partial charge in [0.15, 0.2) is 5.96 Å². The summed E-state index contributed by atoms with van der Waals surface area (Å²) in [6.07, 6.45) is 3.78.